The van der Waals surface area contributed by atoms with Crippen molar-refractivity contribution < 1.29 is 9.53 Å². The van der Waals surface area contributed by atoms with Gasteiger partial charge in [0.25, 0.3) is 0 Å². The average molecular weight is 410 g/mol. The van der Waals surface area contributed by atoms with Gasteiger partial charge in [0.05, 0.1) is 0 Å². The van der Waals surface area contributed by atoms with E-state index in [4.69, 9.17) is 4.74 Å². The number of hydrogen-bond acceptors (Lipinski definition) is 2. The summed E-state index contributed by atoms with van der Waals surface area (Å²) in [6, 6.07) is 20.3. The number of hydrogen-bond donors (Lipinski definition) is 0. The van der Waals surface area contributed by atoms with E-state index in [1.165, 1.54) is 8.92 Å². The normalized spacial score (nSPS) is 11.2. The molecule has 0 spiro atoms. The summed E-state index contributed by atoms with van der Waals surface area (Å²) in [5.41, 5.74) is 0. The first-order chi connectivity index (χ1) is 10.3. The van der Waals surface area contributed by atoms with Crippen molar-refractivity contribution in [3.63, 3.8) is 0 Å². The summed E-state index contributed by atoms with van der Waals surface area (Å²) in [5, 5.41) is 0. The molecule has 4 heteroatoms. The fraction of sp³-hybridized carbons (Fsp3) is 0.118. The molecule has 0 saturated heterocycles. The van der Waals surface area contributed by atoms with Gasteiger partial charge in [-0.05, 0) is 0 Å². The zero-order valence-corrected chi connectivity index (χ0v) is 15.1. The summed E-state index contributed by atoms with van der Waals surface area (Å²) in [6.07, 6.45) is 0. The number of ether oxygens (including phenoxy) is 1. The van der Waals surface area contributed by atoms with Crippen molar-refractivity contribution >= 4 is 44.8 Å². The van der Waals surface area contributed by atoms with Crippen molar-refractivity contribution in [2.24, 2.45) is 0 Å². The topological polar surface area (TPSA) is 26.3 Å². The van der Waals surface area contributed by atoms with Crippen LogP contribution in [0, 0.1) is 0 Å². The van der Waals surface area contributed by atoms with Gasteiger partial charge in [-0.1, -0.05) is 0 Å². The van der Waals surface area contributed by atoms with Gasteiger partial charge in [-0.25, -0.2) is 0 Å². The molecule has 0 unspecified atom stereocenters. The molecular weight excluding hydrogens is 394 g/mol. The molecule has 0 amide bonds. The van der Waals surface area contributed by atoms with Gasteiger partial charge in [0, 0.05) is 0 Å². The molecule has 21 heavy (non-hydrogen) atoms. The molecule has 0 fully saturated rings. The van der Waals surface area contributed by atoms with Gasteiger partial charge in [0.2, 0.25) is 0 Å². The van der Waals surface area contributed by atoms with E-state index in [9.17, 15) is 4.79 Å². The second-order valence-electron chi connectivity index (χ2n) is 4.05. The molecule has 0 bridgehead atoms. The van der Waals surface area contributed by atoms with Crippen molar-refractivity contribution in [3.05, 3.63) is 70.1 Å². The minimum atomic E-state index is -0.181. The van der Waals surface area contributed by atoms with Gasteiger partial charge in [0.15, 0.2) is 0 Å². The predicted molar refractivity (Wildman–Crippen MR) is 88.4 cm³/mol. The Morgan fingerprint density at radius 1 is 1.00 bits per heavy atom. The number of benzene rings is 2. The van der Waals surface area contributed by atoms with E-state index in [0.29, 0.717) is 6.61 Å². The molecule has 0 heterocycles. The third-order valence-electron chi connectivity index (χ3n) is 2.49. The zero-order valence-electron chi connectivity index (χ0n) is 11.7. The Morgan fingerprint density at radius 3 is 2.14 bits per heavy atom. The van der Waals surface area contributed by atoms with Gasteiger partial charge in [0.1, 0.15) is 0 Å². The van der Waals surface area contributed by atoms with E-state index in [1.807, 2.05) is 43.3 Å². The summed E-state index contributed by atoms with van der Waals surface area (Å²) in [6.45, 7) is 2.26. The third-order valence-corrected chi connectivity index (χ3v) is 7.26. The molecule has 0 aliphatic carbocycles. The van der Waals surface area contributed by atoms with Crippen molar-refractivity contribution in [1.82, 2.24) is 0 Å². The summed E-state index contributed by atoms with van der Waals surface area (Å²) >= 11 is 0.143. The number of rotatable bonds is 6. The third kappa shape index (κ3) is 5.53. The Bertz CT molecular complexity index is 595. The van der Waals surface area contributed by atoms with Crippen LogP contribution >= 0.6 is 0 Å². The van der Waals surface area contributed by atoms with Crippen LogP contribution in [-0.4, -0.2) is 42.5 Å². The maximum atomic E-state index is 12.1. The van der Waals surface area contributed by atoms with Crippen LogP contribution in [0.5, 0.6) is 0 Å². The fourth-order valence-corrected chi connectivity index (χ4v) is 5.52. The minimum absolute atomic E-state index is 0.00988. The van der Waals surface area contributed by atoms with E-state index >= 15 is 0 Å². The Kier molecular flexibility index (Phi) is 6.78. The van der Waals surface area contributed by atoms with E-state index < -0.39 is 0 Å². The Hall–Kier alpha value is -1.31. The van der Waals surface area contributed by atoms with Crippen LogP contribution in [0.4, 0.5) is 0 Å². The van der Waals surface area contributed by atoms with Crippen molar-refractivity contribution in [1.29, 1.82) is 0 Å². The number of carbonyl (C=O) groups is 1. The van der Waals surface area contributed by atoms with Crippen LogP contribution in [0.15, 0.2) is 70.1 Å². The summed E-state index contributed by atoms with van der Waals surface area (Å²) < 4.78 is 8.44. The van der Waals surface area contributed by atoms with Crippen LogP contribution < -0.4 is 8.92 Å². The van der Waals surface area contributed by atoms with Crippen molar-refractivity contribution in [2.45, 2.75) is 6.92 Å². The van der Waals surface area contributed by atoms with E-state index in [1.54, 1.807) is 0 Å². The molecule has 0 N–H and O–H groups in total. The maximum absolute atomic E-state index is 12.1. The van der Waals surface area contributed by atoms with E-state index in [0.717, 1.165) is 4.47 Å². The number of carbonyl (C=O) groups excluding carboxylic acids is 1. The van der Waals surface area contributed by atoms with Gasteiger partial charge in [-0.15, -0.1) is 0 Å². The molecular formula is C17H16O2Se2. The van der Waals surface area contributed by atoms with E-state index in [-0.39, 0.29) is 35.9 Å². The number of esters is 1. The SMILES string of the molecule is CCOC(=O)/C(=C\[Se]c1ccccc1)[Se]c1ccccc1. The molecule has 0 atom stereocenters. The Morgan fingerprint density at radius 2 is 1.57 bits per heavy atom. The first kappa shape index (κ1) is 16.1. The van der Waals surface area contributed by atoms with Crippen molar-refractivity contribution in [2.75, 3.05) is 6.61 Å². The molecule has 0 aromatic heterocycles. The zero-order chi connectivity index (χ0) is 14.9. The molecule has 2 nitrogen and oxygen atoms in total. The molecule has 2 aromatic carbocycles. The first-order valence-corrected chi connectivity index (χ1v) is 10.2. The van der Waals surface area contributed by atoms with Crippen LogP contribution in [0.3, 0.4) is 0 Å². The predicted octanol–water partition coefficient (Wildman–Crippen LogP) is 1.45. The fourth-order valence-electron chi connectivity index (χ4n) is 1.55. The monoisotopic (exact) mass is 412 g/mol. The second kappa shape index (κ2) is 8.86. The van der Waals surface area contributed by atoms with Gasteiger partial charge < -0.3 is 0 Å². The first-order valence-electron chi connectivity index (χ1n) is 6.61. The summed E-state index contributed by atoms with van der Waals surface area (Å²) in [7, 11) is 0. The quantitative estimate of drug-likeness (QED) is 0.410. The summed E-state index contributed by atoms with van der Waals surface area (Å²) in [4.78, 5) is 14.2. The molecule has 2 rings (SSSR count). The van der Waals surface area contributed by atoms with Crippen LogP contribution in [-0.2, 0) is 9.53 Å². The van der Waals surface area contributed by atoms with E-state index in [2.05, 4.69) is 29.2 Å². The Labute approximate surface area is 137 Å². The van der Waals surface area contributed by atoms with Gasteiger partial charge >= 0.3 is 138 Å². The summed E-state index contributed by atoms with van der Waals surface area (Å²) in [5.74, 6) is -0.181. The standard InChI is InChI=1S/C17H16O2Se2/c1-2-19-17(18)16(21-15-11-7-4-8-12-15)13-20-14-9-5-3-6-10-14/h3-13H,2H2,1H3/b16-13+. The molecule has 0 radical (unpaired) electrons. The molecule has 108 valence electrons. The van der Waals surface area contributed by atoms with Crippen LogP contribution in [0.25, 0.3) is 0 Å². The second-order valence-corrected chi connectivity index (χ2v) is 8.37. The molecule has 0 aliphatic rings. The van der Waals surface area contributed by atoms with Gasteiger partial charge in [-0.3, -0.25) is 0 Å². The van der Waals surface area contributed by atoms with Crippen molar-refractivity contribution in [3.8, 4) is 0 Å². The van der Waals surface area contributed by atoms with Crippen LogP contribution in [0.1, 0.15) is 6.92 Å². The van der Waals surface area contributed by atoms with Gasteiger partial charge in [-0.2, -0.15) is 0 Å². The average Bonchev–Trinajstić information content (AvgIpc) is 2.53. The van der Waals surface area contributed by atoms with Crippen LogP contribution in [0.2, 0.25) is 0 Å². The molecule has 0 aliphatic heterocycles. The Balaban J connectivity index is 2.13. The molecule has 2 aromatic rings. The molecule has 0 saturated carbocycles.